The van der Waals surface area contributed by atoms with Gasteiger partial charge < -0.3 is 20.9 Å². The molecule has 10 nitrogen and oxygen atoms in total. The molecule has 0 saturated carbocycles. The molecule has 0 fully saturated rings. The van der Waals surface area contributed by atoms with Crippen LogP contribution in [-0.4, -0.2) is 43.2 Å². The van der Waals surface area contributed by atoms with Gasteiger partial charge >= 0.3 is 11.9 Å². The summed E-state index contributed by atoms with van der Waals surface area (Å²) >= 11 is 0. The topological polar surface area (TPSA) is 149 Å². The molecule has 1 aliphatic carbocycles. The molecule has 246 valence electrons. The van der Waals surface area contributed by atoms with Crippen LogP contribution < -0.4 is 11.1 Å². The molecule has 0 bridgehead atoms. The minimum absolute atomic E-state index is 0. The number of hydrogen-bond acceptors (Lipinski definition) is 7. The molecule has 0 radical (unpaired) electrons. The standard InChI is InChI=1S/C23H23FN4O5.C8H8F3N.ClH/c1-11-12-7-8-16(14(12)6-5-13(11)22(32)33-23(2,3)4)27-20(29)18-9-17(21(30)31)26-19-15(24)10-25-28(18)19;9-7-2-1-5(4-12)3-6(7)8(10)11;/h5-6,9-10,16H,7-8H2,1-4H3,(H,27,29)(H,30,31);1-3,8H,4,12H2;1H/t16-;;/m0../s1. The van der Waals surface area contributed by atoms with E-state index < -0.39 is 52.8 Å². The number of carboxylic acid groups (broad SMARTS) is 1. The summed E-state index contributed by atoms with van der Waals surface area (Å²) < 4.78 is 57.2. The van der Waals surface area contributed by atoms with Crippen molar-refractivity contribution in [2.24, 2.45) is 5.73 Å². The largest absolute Gasteiger partial charge is 0.477 e. The van der Waals surface area contributed by atoms with Gasteiger partial charge in [0, 0.05) is 12.6 Å². The molecule has 4 N–H and O–H groups in total. The van der Waals surface area contributed by atoms with Gasteiger partial charge in [0.2, 0.25) is 0 Å². The summed E-state index contributed by atoms with van der Waals surface area (Å²) in [6.45, 7) is 7.39. The van der Waals surface area contributed by atoms with Crippen molar-refractivity contribution in [1.82, 2.24) is 19.9 Å². The minimum Gasteiger partial charge on any atom is -0.477 e. The van der Waals surface area contributed by atoms with Crippen molar-refractivity contribution in [2.75, 3.05) is 0 Å². The van der Waals surface area contributed by atoms with Gasteiger partial charge in [-0.05, 0) is 81.0 Å². The third-order valence-corrected chi connectivity index (χ3v) is 7.03. The highest BCUT2D eigenvalue weighted by molar-refractivity contribution is 5.96. The summed E-state index contributed by atoms with van der Waals surface area (Å²) in [4.78, 5) is 40.7. The van der Waals surface area contributed by atoms with E-state index in [1.807, 2.05) is 6.92 Å². The molecule has 2 aromatic carbocycles. The van der Waals surface area contributed by atoms with Crippen LogP contribution in [0, 0.1) is 18.6 Å². The van der Waals surface area contributed by atoms with E-state index in [2.05, 4.69) is 15.4 Å². The molecular formula is C31H32ClF4N5O5. The number of aromatic nitrogens is 3. The lowest BCUT2D eigenvalue weighted by atomic mass is 9.97. The summed E-state index contributed by atoms with van der Waals surface area (Å²) in [7, 11) is 0. The third kappa shape index (κ3) is 7.80. The molecule has 0 spiro atoms. The number of aromatic carboxylic acids is 1. The number of benzene rings is 2. The van der Waals surface area contributed by atoms with Gasteiger partial charge in [0.1, 0.15) is 17.1 Å². The maximum absolute atomic E-state index is 14.0. The molecule has 0 saturated heterocycles. The first-order valence-corrected chi connectivity index (χ1v) is 13.8. The van der Waals surface area contributed by atoms with Crippen molar-refractivity contribution >= 4 is 35.9 Å². The van der Waals surface area contributed by atoms with Crippen LogP contribution in [0.4, 0.5) is 17.6 Å². The maximum Gasteiger partial charge on any atom is 0.354 e. The highest BCUT2D eigenvalue weighted by Gasteiger charge is 2.30. The predicted molar refractivity (Wildman–Crippen MR) is 161 cm³/mol. The van der Waals surface area contributed by atoms with Crippen LogP contribution in [0.2, 0.25) is 0 Å². The number of amides is 1. The van der Waals surface area contributed by atoms with Crippen LogP contribution in [0.1, 0.15) is 98.8 Å². The number of halogens is 5. The number of rotatable bonds is 6. The molecular weight excluding hydrogens is 634 g/mol. The Morgan fingerprint density at radius 2 is 1.83 bits per heavy atom. The third-order valence-electron chi connectivity index (χ3n) is 7.03. The minimum atomic E-state index is -2.78. The molecule has 46 heavy (non-hydrogen) atoms. The van der Waals surface area contributed by atoms with E-state index in [0.717, 1.165) is 45.6 Å². The molecule has 1 atom stereocenters. The number of carboxylic acids is 1. The Balaban J connectivity index is 0.000000375. The first-order chi connectivity index (χ1) is 21.1. The van der Waals surface area contributed by atoms with Crippen LogP contribution in [0.3, 0.4) is 0 Å². The molecule has 0 unspecified atom stereocenters. The van der Waals surface area contributed by atoms with E-state index in [1.54, 1.807) is 32.9 Å². The molecule has 0 aliphatic heterocycles. The van der Waals surface area contributed by atoms with E-state index >= 15 is 0 Å². The van der Waals surface area contributed by atoms with E-state index in [1.165, 1.54) is 6.07 Å². The van der Waals surface area contributed by atoms with Gasteiger partial charge in [0.25, 0.3) is 12.3 Å². The normalized spacial score (nSPS) is 13.8. The van der Waals surface area contributed by atoms with E-state index in [9.17, 15) is 37.1 Å². The molecule has 2 aromatic heterocycles. The molecule has 5 rings (SSSR count). The lowest BCUT2D eigenvalue weighted by Crippen LogP contribution is -2.29. The van der Waals surface area contributed by atoms with Gasteiger partial charge in [-0.15, -0.1) is 12.4 Å². The van der Waals surface area contributed by atoms with Gasteiger partial charge in [-0.2, -0.15) is 5.10 Å². The summed E-state index contributed by atoms with van der Waals surface area (Å²) in [5.41, 5.74) is 6.66. The lowest BCUT2D eigenvalue weighted by Gasteiger charge is -2.21. The number of carbonyl (C=O) groups is 3. The summed E-state index contributed by atoms with van der Waals surface area (Å²) in [5.74, 6) is -4.12. The summed E-state index contributed by atoms with van der Waals surface area (Å²) in [6.07, 6.45) is -0.674. The Kier molecular flexibility index (Phi) is 11.1. The Bertz CT molecular complexity index is 1790. The fourth-order valence-corrected chi connectivity index (χ4v) is 4.91. The molecule has 1 amide bonds. The molecule has 15 heteroatoms. The number of esters is 1. The maximum atomic E-state index is 14.0. The van der Waals surface area contributed by atoms with Gasteiger partial charge in [-0.25, -0.2) is 36.7 Å². The number of fused-ring (bicyclic) bond motifs is 2. The highest BCUT2D eigenvalue weighted by atomic mass is 35.5. The second kappa shape index (κ2) is 14.3. The van der Waals surface area contributed by atoms with Crippen LogP contribution in [-0.2, 0) is 17.7 Å². The van der Waals surface area contributed by atoms with Crippen molar-refractivity contribution in [3.05, 3.63) is 99.0 Å². The Hall–Kier alpha value is -4.56. The SMILES string of the molecule is Cc1c(C(=O)OC(C)(C)C)ccc2c1CC[C@@H]2NC(=O)c1cc(C(=O)O)nc2c(F)cnn12.Cl.NCc1ccc(F)c(C(F)F)c1. The first-order valence-electron chi connectivity index (χ1n) is 13.8. The fraction of sp³-hybridized carbons (Fsp3) is 0.323. The Morgan fingerprint density at radius 1 is 1.13 bits per heavy atom. The predicted octanol–water partition coefficient (Wildman–Crippen LogP) is 5.89. The van der Waals surface area contributed by atoms with Gasteiger partial charge in [0.15, 0.2) is 17.2 Å². The molecule has 2 heterocycles. The number of nitrogens with one attached hydrogen (secondary N) is 1. The summed E-state index contributed by atoms with van der Waals surface area (Å²) in [5, 5.41) is 16.0. The number of nitrogens with zero attached hydrogens (tertiary/aromatic N) is 3. The zero-order valence-electron chi connectivity index (χ0n) is 25.2. The van der Waals surface area contributed by atoms with Crippen LogP contribution in [0.25, 0.3) is 5.65 Å². The second-order valence-electron chi connectivity index (χ2n) is 11.3. The number of hydrogen-bond donors (Lipinski definition) is 3. The van der Waals surface area contributed by atoms with Crippen LogP contribution >= 0.6 is 12.4 Å². The van der Waals surface area contributed by atoms with Crippen molar-refractivity contribution in [3.63, 3.8) is 0 Å². The van der Waals surface area contributed by atoms with Crippen molar-refractivity contribution in [2.45, 2.75) is 65.1 Å². The average Bonchev–Trinajstić information content (AvgIpc) is 3.55. The van der Waals surface area contributed by atoms with E-state index in [0.29, 0.717) is 24.0 Å². The van der Waals surface area contributed by atoms with Crippen molar-refractivity contribution in [3.8, 4) is 0 Å². The zero-order chi connectivity index (χ0) is 33.2. The van der Waals surface area contributed by atoms with E-state index in [-0.39, 0.29) is 36.3 Å². The monoisotopic (exact) mass is 665 g/mol. The fourth-order valence-electron chi connectivity index (χ4n) is 4.91. The number of ether oxygens (including phenoxy) is 1. The first kappa shape index (κ1) is 35.9. The van der Waals surface area contributed by atoms with Crippen LogP contribution in [0.5, 0.6) is 0 Å². The van der Waals surface area contributed by atoms with Crippen molar-refractivity contribution in [1.29, 1.82) is 0 Å². The average molecular weight is 666 g/mol. The number of alkyl halides is 2. The highest BCUT2D eigenvalue weighted by Crippen LogP contribution is 2.35. The molecule has 1 aliphatic rings. The Morgan fingerprint density at radius 3 is 2.43 bits per heavy atom. The second-order valence-corrected chi connectivity index (χ2v) is 11.3. The smallest absolute Gasteiger partial charge is 0.354 e. The van der Waals surface area contributed by atoms with Gasteiger partial charge in [-0.3, -0.25) is 4.79 Å². The van der Waals surface area contributed by atoms with E-state index in [4.69, 9.17) is 10.5 Å². The summed E-state index contributed by atoms with van der Waals surface area (Å²) in [6, 6.07) is 7.64. The van der Waals surface area contributed by atoms with Crippen LogP contribution in [0.15, 0.2) is 42.6 Å². The lowest BCUT2D eigenvalue weighted by molar-refractivity contribution is 0.00681. The zero-order valence-corrected chi connectivity index (χ0v) is 26.1. The van der Waals surface area contributed by atoms with Gasteiger partial charge in [0.05, 0.1) is 23.4 Å². The quantitative estimate of drug-likeness (QED) is 0.171. The number of carbonyl (C=O) groups excluding carboxylic acids is 2. The van der Waals surface area contributed by atoms with Crippen molar-refractivity contribution < 1.29 is 41.8 Å². The number of nitrogens with two attached hydrogens (primary N) is 1. The Labute approximate surface area is 267 Å². The van der Waals surface area contributed by atoms with Gasteiger partial charge in [-0.1, -0.05) is 12.1 Å². The molecule has 4 aromatic rings.